The number of ether oxygens (including phenoxy) is 2. The molecule has 1 heterocycles. The van der Waals surface area contributed by atoms with Crippen LogP contribution in [0.5, 0.6) is 11.5 Å². The molecule has 0 saturated heterocycles. The first-order valence-corrected chi connectivity index (χ1v) is 9.90. The summed E-state index contributed by atoms with van der Waals surface area (Å²) in [6.07, 6.45) is 6.03. The predicted molar refractivity (Wildman–Crippen MR) is 111 cm³/mol. The minimum absolute atomic E-state index is 0.0904. The molecule has 4 rings (SSSR count). The van der Waals surface area contributed by atoms with Crippen LogP contribution in [0, 0.1) is 0 Å². The summed E-state index contributed by atoms with van der Waals surface area (Å²) < 4.78 is 12.8. The number of amides is 1. The molecule has 1 N–H and O–H groups in total. The Morgan fingerprint density at radius 1 is 1.03 bits per heavy atom. The van der Waals surface area contributed by atoms with Crippen molar-refractivity contribution in [2.45, 2.75) is 38.3 Å². The summed E-state index contributed by atoms with van der Waals surface area (Å²) in [4.78, 5) is 12.3. The van der Waals surface area contributed by atoms with E-state index in [1.54, 1.807) is 17.9 Å². The van der Waals surface area contributed by atoms with Crippen LogP contribution >= 0.6 is 0 Å². The number of aromatic nitrogens is 2. The fourth-order valence-electron chi connectivity index (χ4n) is 3.17. The van der Waals surface area contributed by atoms with Gasteiger partial charge in [0.15, 0.2) is 5.82 Å². The number of hydrogen-bond donors (Lipinski definition) is 1. The molecule has 0 atom stereocenters. The maximum absolute atomic E-state index is 12.3. The van der Waals surface area contributed by atoms with Crippen molar-refractivity contribution >= 4 is 11.7 Å². The Balaban J connectivity index is 1.28. The van der Waals surface area contributed by atoms with E-state index in [-0.39, 0.29) is 5.91 Å². The number of nitrogens with zero attached hydrogens (tertiary/aromatic N) is 2. The summed E-state index contributed by atoms with van der Waals surface area (Å²) in [5.74, 6) is 2.15. The zero-order valence-electron chi connectivity index (χ0n) is 16.5. The third kappa shape index (κ3) is 5.16. The van der Waals surface area contributed by atoms with E-state index in [1.807, 2.05) is 54.7 Å². The molecule has 150 valence electrons. The lowest BCUT2D eigenvalue weighted by atomic mass is 9.96. The molecule has 0 bridgehead atoms. The Hall–Kier alpha value is -3.28. The van der Waals surface area contributed by atoms with Crippen LogP contribution in [0.3, 0.4) is 0 Å². The molecular formula is C23H25N3O3. The maximum Gasteiger partial charge on any atom is 0.229 e. The molecule has 1 aromatic heterocycles. The smallest absolute Gasteiger partial charge is 0.229 e. The van der Waals surface area contributed by atoms with Gasteiger partial charge in [-0.2, -0.15) is 5.10 Å². The van der Waals surface area contributed by atoms with E-state index in [0.29, 0.717) is 24.9 Å². The molecule has 0 unspecified atom stereocenters. The number of carbonyl (C=O) groups excluding carboxylic acids is 1. The molecule has 2 aromatic carbocycles. The van der Waals surface area contributed by atoms with Gasteiger partial charge in [0.2, 0.25) is 5.91 Å². The van der Waals surface area contributed by atoms with Crippen molar-refractivity contribution in [1.82, 2.24) is 9.78 Å². The number of nitrogens with one attached hydrogen (secondary N) is 1. The monoisotopic (exact) mass is 391 g/mol. The normalized spacial score (nSPS) is 13.6. The van der Waals surface area contributed by atoms with Crippen LogP contribution in [0.4, 0.5) is 5.82 Å². The highest BCUT2D eigenvalue weighted by atomic mass is 16.5. The number of rotatable bonds is 8. The first kappa shape index (κ1) is 19.1. The largest absolute Gasteiger partial charge is 0.497 e. The molecule has 0 spiro atoms. The van der Waals surface area contributed by atoms with Crippen molar-refractivity contribution in [2.75, 3.05) is 12.4 Å². The maximum atomic E-state index is 12.3. The standard InChI is InChI=1S/C23H25N3O3/c1-28-19-9-7-18(8-10-19)16-26-14-13-22(25-26)24-23(27)15-17-5-11-21(12-6-17)29-20-3-2-4-20/h5-14,20H,2-4,15-16H2,1H3,(H,24,25,27). The van der Waals surface area contributed by atoms with Crippen LogP contribution in [-0.2, 0) is 17.8 Å². The highest BCUT2D eigenvalue weighted by molar-refractivity contribution is 5.91. The molecule has 0 aliphatic heterocycles. The Kier molecular flexibility index (Phi) is 5.79. The van der Waals surface area contributed by atoms with Gasteiger partial charge in [-0.25, -0.2) is 0 Å². The number of benzene rings is 2. The molecule has 1 aliphatic carbocycles. The SMILES string of the molecule is COc1ccc(Cn2ccc(NC(=O)Cc3ccc(OC4CCC4)cc3)n2)cc1. The van der Waals surface area contributed by atoms with Crippen molar-refractivity contribution in [2.24, 2.45) is 0 Å². The molecule has 1 aliphatic rings. The Labute approximate surface area is 170 Å². The average molecular weight is 391 g/mol. The second kappa shape index (κ2) is 8.82. The summed E-state index contributed by atoms with van der Waals surface area (Å²) in [5, 5.41) is 7.28. The summed E-state index contributed by atoms with van der Waals surface area (Å²) >= 11 is 0. The Morgan fingerprint density at radius 2 is 1.72 bits per heavy atom. The molecule has 1 saturated carbocycles. The van der Waals surface area contributed by atoms with Gasteiger partial charge in [0.05, 0.1) is 26.2 Å². The summed E-state index contributed by atoms with van der Waals surface area (Å²) in [5.41, 5.74) is 2.05. The van der Waals surface area contributed by atoms with E-state index in [9.17, 15) is 4.79 Å². The van der Waals surface area contributed by atoms with Gasteiger partial charge in [-0.3, -0.25) is 9.48 Å². The molecule has 6 heteroatoms. The van der Waals surface area contributed by atoms with E-state index < -0.39 is 0 Å². The average Bonchev–Trinajstić information content (AvgIpc) is 3.13. The van der Waals surface area contributed by atoms with Crippen molar-refractivity contribution in [3.8, 4) is 11.5 Å². The zero-order chi connectivity index (χ0) is 20.1. The fourth-order valence-corrected chi connectivity index (χ4v) is 3.17. The van der Waals surface area contributed by atoms with E-state index in [4.69, 9.17) is 9.47 Å². The van der Waals surface area contributed by atoms with Gasteiger partial charge in [-0.15, -0.1) is 0 Å². The third-order valence-electron chi connectivity index (χ3n) is 5.05. The van der Waals surface area contributed by atoms with E-state index in [1.165, 1.54) is 6.42 Å². The lowest BCUT2D eigenvalue weighted by Crippen LogP contribution is -2.24. The second-order valence-corrected chi connectivity index (χ2v) is 7.29. The predicted octanol–water partition coefficient (Wildman–Crippen LogP) is 4.05. The van der Waals surface area contributed by atoms with Crippen molar-refractivity contribution < 1.29 is 14.3 Å². The molecule has 0 radical (unpaired) electrons. The van der Waals surface area contributed by atoms with Crippen LogP contribution in [-0.4, -0.2) is 28.9 Å². The minimum atomic E-state index is -0.0904. The van der Waals surface area contributed by atoms with Gasteiger partial charge in [-0.1, -0.05) is 24.3 Å². The van der Waals surface area contributed by atoms with Gasteiger partial charge in [0.1, 0.15) is 11.5 Å². The minimum Gasteiger partial charge on any atom is -0.497 e. The first-order valence-electron chi connectivity index (χ1n) is 9.90. The highest BCUT2D eigenvalue weighted by Gasteiger charge is 2.18. The van der Waals surface area contributed by atoms with Crippen LogP contribution in [0.25, 0.3) is 0 Å². The lowest BCUT2D eigenvalue weighted by molar-refractivity contribution is -0.115. The van der Waals surface area contributed by atoms with E-state index in [2.05, 4.69) is 10.4 Å². The molecular weight excluding hydrogens is 366 g/mol. The van der Waals surface area contributed by atoms with Crippen LogP contribution < -0.4 is 14.8 Å². The van der Waals surface area contributed by atoms with Crippen molar-refractivity contribution in [1.29, 1.82) is 0 Å². The molecule has 6 nitrogen and oxygen atoms in total. The molecule has 1 fully saturated rings. The molecule has 29 heavy (non-hydrogen) atoms. The van der Waals surface area contributed by atoms with Crippen LogP contribution in [0.1, 0.15) is 30.4 Å². The number of carbonyl (C=O) groups is 1. The summed E-state index contributed by atoms with van der Waals surface area (Å²) in [6.45, 7) is 0.627. The van der Waals surface area contributed by atoms with Crippen LogP contribution in [0.2, 0.25) is 0 Å². The summed E-state index contributed by atoms with van der Waals surface area (Å²) in [7, 11) is 1.65. The van der Waals surface area contributed by atoms with Crippen molar-refractivity contribution in [3.05, 3.63) is 71.9 Å². The number of anilines is 1. The number of hydrogen-bond acceptors (Lipinski definition) is 4. The first-order chi connectivity index (χ1) is 14.2. The zero-order valence-corrected chi connectivity index (χ0v) is 16.5. The van der Waals surface area contributed by atoms with E-state index >= 15 is 0 Å². The van der Waals surface area contributed by atoms with Gasteiger partial charge >= 0.3 is 0 Å². The molecule has 3 aromatic rings. The highest BCUT2D eigenvalue weighted by Crippen LogP contribution is 2.25. The Bertz CT molecular complexity index is 944. The number of methoxy groups -OCH3 is 1. The Morgan fingerprint density at radius 3 is 2.38 bits per heavy atom. The second-order valence-electron chi connectivity index (χ2n) is 7.29. The van der Waals surface area contributed by atoms with Gasteiger partial charge in [0.25, 0.3) is 0 Å². The van der Waals surface area contributed by atoms with Crippen LogP contribution in [0.15, 0.2) is 60.8 Å². The quantitative estimate of drug-likeness (QED) is 0.629. The van der Waals surface area contributed by atoms with Gasteiger partial charge < -0.3 is 14.8 Å². The molecule has 1 amide bonds. The topological polar surface area (TPSA) is 65.4 Å². The lowest BCUT2D eigenvalue weighted by Gasteiger charge is -2.26. The van der Waals surface area contributed by atoms with Gasteiger partial charge in [0, 0.05) is 12.3 Å². The van der Waals surface area contributed by atoms with Gasteiger partial charge in [-0.05, 0) is 54.7 Å². The van der Waals surface area contributed by atoms with E-state index in [0.717, 1.165) is 35.5 Å². The third-order valence-corrected chi connectivity index (χ3v) is 5.05. The van der Waals surface area contributed by atoms with Crippen molar-refractivity contribution in [3.63, 3.8) is 0 Å². The summed E-state index contributed by atoms with van der Waals surface area (Å²) in [6, 6.07) is 17.4. The fraction of sp³-hybridized carbons (Fsp3) is 0.304.